The summed E-state index contributed by atoms with van der Waals surface area (Å²) in [6.45, 7) is 0.169. The van der Waals surface area contributed by atoms with Crippen molar-refractivity contribution in [1.82, 2.24) is 9.78 Å². The smallest absolute Gasteiger partial charge is 0.497 e. The van der Waals surface area contributed by atoms with Gasteiger partial charge in [-0.25, -0.2) is 4.68 Å². The predicted octanol–water partition coefficient (Wildman–Crippen LogP) is 4.13. The first-order valence-corrected chi connectivity index (χ1v) is 10.4. The molecule has 2 heterocycles. The summed E-state index contributed by atoms with van der Waals surface area (Å²) in [5, 5.41) is 9.76. The highest BCUT2D eigenvalue weighted by atomic mass is 19.4. The Morgan fingerprint density at radius 2 is 1.89 bits per heavy atom. The summed E-state index contributed by atoms with van der Waals surface area (Å²) < 4.78 is 53.1. The van der Waals surface area contributed by atoms with Gasteiger partial charge in [0, 0.05) is 24.4 Å². The molecule has 0 radical (unpaired) electrons. The number of carbonyl (C=O) groups is 2. The number of aromatic nitrogens is 2. The van der Waals surface area contributed by atoms with Gasteiger partial charge < -0.3 is 24.8 Å². The molecule has 0 aliphatic carbocycles. The van der Waals surface area contributed by atoms with E-state index in [9.17, 15) is 22.8 Å². The summed E-state index contributed by atoms with van der Waals surface area (Å²) in [6, 6.07) is 11.1. The molecule has 1 unspecified atom stereocenters. The number of methoxy groups -OCH3 is 2. The van der Waals surface area contributed by atoms with E-state index in [-0.39, 0.29) is 18.7 Å². The van der Waals surface area contributed by atoms with Gasteiger partial charge in [-0.15, -0.1) is 13.2 Å². The molecule has 0 bridgehead atoms. The van der Waals surface area contributed by atoms with Crippen LogP contribution in [-0.4, -0.2) is 42.2 Å². The molecule has 0 saturated heterocycles. The third-order valence-corrected chi connectivity index (χ3v) is 5.21. The van der Waals surface area contributed by atoms with Crippen LogP contribution in [0.25, 0.3) is 11.1 Å². The van der Waals surface area contributed by atoms with Crippen LogP contribution in [0.4, 0.5) is 24.7 Å². The number of hydrogen-bond acceptors (Lipinski definition) is 6. The zero-order valence-corrected chi connectivity index (χ0v) is 18.7. The van der Waals surface area contributed by atoms with E-state index in [1.54, 1.807) is 19.2 Å². The van der Waals surface area contributed by atoms with E-state index in [4.69, 9.17) is 9.47 Å². The van der Waals surface area contributed by atoms with Crippen molar-refractivity contribution in [2.45, 2.75) is 25.4 Å². The van der Waals surface area contributed by atoms with Crippen molar-refractivity contribution in [2.75, 3.05) is 24.9 Å². The monoisotopic (exact) mass is 490 g/mol. The van der Waals surface area contributed by atoms with Gasteiger partial charge in [0.25, 0.3) is 5.91 Å². The number of rotatable bonds is 8. The maximum atomic E-state index is 12.7. The summed E-state index contributed by atoms with van der Waals surface area (Å²) in [5.74, 6) is -0.413. The van der Waals surface area contributed by atoms with Crippen LogP contribution in [0.15, 0.2) is 48.5 Å². The highest BCUT2D eigenvalue weighted by molar-refractivity contribution is 6.04. The minimum absolute atomic E-state index is 0.0924. The van der Waals surface area contributed by atoms with Crippen molar-refractivity contribution in [3.8, 4) is 22.6 Å². The largest absolute Gasteiger partial charge is 0.573 e. The number of amides is 2. The number of benzene rings is 2. The Kier molecular flexibility index (Phi) is 6.65. The molecule has 0 spiro atoms. The summed E-state index contributed by atoms with van der Waals surface area (Å²) in [7, 11) is 3.07. The Labute approximate surface area is 197 Å². The van der Waals surface area contributed by atoms with E-state index in [1.807, 2.05) is 12.1 Å². The maximum absolute atomic E-state index is 12.7. The maximum Gasteiger partial charge on any atom is 0.573 e. The highest BCUT2D eigenvalue weighted by Crippen LogP contribution is 2.39. The fourth-order valence-electron chi connectivity index (χ4n) is 3.77. The number of carbonyl (C=O) groups excluding carboxylic acids is 2. The van der Waals surface area contributed by atoms with Gasteiger partial charge in [-0.3, -0.25) is 9.59 Å². The van der Waals surface area contributed by atoms with Gasteiger partial charge in [-0.05, 0) is 29.8 Å². The lowest BCUT2D eigenvalue weighted by Gasteiger charge is -2.12. The fraction of sp³-hybridized carbons (Fsp3) is 0.261. The second kappa shape index (κ2) is 9.66. The lowest BCUT2D eigenvalue weighted by molar-refractivity contribution is -0.274. The SMILES string of the molecule is COCc1nn2c(c1-c1ccc(OC)cc1)NC(=O)C2CC(=O)Nc1cccc(OC(F)(F)F)c1. The first-order valence-electron chi connectivity index (χ1n) is 10.4. The molecule has 4 rings (SSSR count). The molecule has 1 atom stereocenters. The zero-order valence-electron chi connectivity index (χ0n) is 18.7. The molecule has 2 N–H and O–H groups in total. The van der Waals surface area contributed by atoms with Gasteiger partial charge in [-0.2, -0.15) is 5.10 Å². The minimum Gasteiger partial charge on any atom is -0.497 e. The van der Waals surface area contributed by atoms with Crippen LogP contribution in [-0.2, 0) is 20.9 Å². The van der Waals surface area contributed by atoms with E-state index in [1.165, 1.54) is 23.9 Å². The minimum atomic E-state index is -4.86. The second-order valence-electron chi connectivity index (χ2n) is 7.61. The average molecular weight is 490 g/mol. The van der Waals surface area contributed by atoms with Gasteiger partial charge in [0.1, 0.15) is 23.4 Å². The van der Waals surface area contributed by atoms with Crippen LogP contribution in [0, 0.1) is 0 Å². The van der Waals surface area contributed by atoms with Gasteiger partial charge in [0.05, 0.1) is 25.8 Å². The number of fused-ring (bicyclic) bond motifs is 1. The van der Waals surface area contributed by atoms with Gasteiger partial charge in [0.2, 0.25) is 5.91 Å². The van der Waals surface area contributed by atoms with E-state index in [0.29, 0.717) is 22.8 Å². The summed E-state index contributed by atoms with van der Waals surface area (Å²) >= 11 is 0. The molecule has 12 heteroatoms. The quantitative estimate of drug-likeness (QED) is 0.492. The van der Waals surface area contributed by atoms with Crippen molar-refractivity contribution < 1.29 is 37.0 Å². The molecular formula is C23H21F3N4O5. The molecular weight excluding hydrogens is 469 g/mol. The van der Waals surface area contributed by atoms with Crippen molar-refractivity contribution >= 4 is 23.3 Å². The van der Waals surface area contributed by atoms with Crippen LogP contribution >= 0.6 is 0 Å². The Bertz CT molecular complexity index is 1240. The van der Waals surface area contributed by atoms with E-state index < -0.39 is 30.0 Å². The summed E-state index contributed by atoms with van der Waals surface area (Å²) in [4.78, 5) is 25.3. The number of nitrogens with one attached hydrogen (secondary N) is 2. The van der Waals surface area contributed by atoms with Crippen molar-refractivity contribution in [3.05, 3.63) is 54.2 Å². The Balaban J connectivity index is 1.55. The zero-order chi connectivity index (χ0) is 25.2. The summed E-state index contributed by atoms with van der Waals surface area (Å²) in [6.07, 6.45) is -5.15. The van der Waals surface area contributed by atoms with E-state index >= 15 is 0 Å². The van der Waals surface area contributed by atoms with Crippen molar-refractivity contribution in [3.63, 3.8) is 0 Å². The normalized spacial score (nSPS) is 14.9. The van der Waals surface area contributed by atoms with Crippen LogP contribution < -0.4 is 20.1 Å². The molecule has 3 aromatic rings. The molecule has 35 heavy (non-hydrogen) atoms. The van der Waals surface area contributed by atoms with Crippen molar-refractivity contribution in [2.24, 2.45) is 0 Å². The molecule has 1 aliphatic heterocycles. The lowest BCUT2D eigenvalue weighted by atomic mass is 10.1. The molecule has 1 aliphatic rings. The molecule has 9 nitrogen and oxygen atoms in total. The molecule has 2 amide bonds. The van der Waals surface area contributed by atoms with Crippen LogP contribution in [0.3, 0.4) is 0 Å². The van der Waals surface area contributed by atoms with Gasteiger partial charge >= 0.3 is 6.36 Å². The Morgan fingerprint density at radius 3 is 2.54 bits per heavy atom. The number of halogens is 3. The topological polar surface area (TPSA) is 104 Å². The number of hydrogen-bond donors (Lipinski definition) is 2. The standard InChI is InChI=1S/C23H21F3N4O5/c1-33-12-17-20(13-6-8-15(34-2)9-7-13)21-28-22(32)18(30(21)29-17)11-19(31)27-14-4-3-5-16(10-14)35-23(24,25)26/h3-10,18H,11-12H2,1-2H3,(H,27,31)(H,28,32). The van der Waals surface area contributed by atoms with Gasteiger partial charge in [-0.1, -0.05) is 18.2 Å². The molecule has 0 fully saturated rings. The molecule has 0 saturated carbocycles. The molecule has 1 aromatic heterocycles. The van der Waals surface area contributed by atoms with Crippen molar-refractivity contribution in [1.29, 1.82) is 0 Å². The first-order chi connectivity index (χ1) is 16.7. The number of anilines is 2. The highest BCUT2D eigenvalue weighted by Gasteiger charge is 2.37. The predicted molar refractivity (Wildman–Crippen MR) is 119 cm³/mol. The summed E-state index contributed by atoms with van der Waals surface area (Å²) in [5.41, 5.74) is 2.08. The first kappa shape index (κ1) is 24.1. The van der Waals surface area contributed by atoms with Crippen LogP contribution in [0.5, 0.6) is 11.5 Å². The van der Waals surface area contributed by atoms with Gasteiger partial charge in [0.15, 0.2) is 0 Å². The Hall–Kier alpha value is -4.06. The third-order valence-electron chi connectivity index (χ3n) is 5.21. The number of nitrogens with zero attached hydrogens (tertiary/aromatic N) is 2. The van der Waals surface area contributed by atoms with E-state index in [2.05, 4.69) is 20.5 Å². The van der Waals surface area contributed by atoms with Crippen LogP contribution in [0.2, 0.25) is 0 Å². The fourth-order valence-corrected chi connectivity index (χ4v) is 3.77. The lowest BCUT2D eigenvalue weighted by Crippen LogP contribution is -2.24. The molecule has 184 valence electrons. The third kappa shape index (κ3) is 5.38. The van der Waals surface area contributed by atoms with Crippen LogP contribution in [0.1, 0.15) is 18.2 Å². The Morgan fingerprint density at radius 1 is 1.14 bits per heavy atom. The van der Waals surface area contributed by atoms with E-state index in [0.717, 1.165) is 17.7 Å². The second-order valence-corrected chi connectivity index (χ2v) is 7.61. The average Bonchev–Trinajstić information content (AvgIpc) is 3.28. The molecule has 2 aromatic carbocycles. The number of alkyl halides is 3. The number of ether oxygens (including phenoxy) is 3.